The van der Waals surface area contributed by atoms with Crippen LogP contribution >= 0.6 is 0 Å². The molecule has 1 aromatic carbocycles. The quantitative estimate of drug-likeness (QED) is 0.859. The second-order valence-corrected chi connectivity index (χ2v) is 5.01. The van der Waals surface area contributed by atoms with Gasteiger partial charge < -0.3 is 9.64 Å². The first-order valence-corrected chi connectivity index (χ1v) is 6.67. The highest BCUT2D eigenvalue weighted by molar-refractivity contribution is 5.70. The Labute approximate surface area is 118 Å². The van der Waals surface area contributed by atoms with Gasteiger partial charge in [0.05, 0.1) is 6.54 Å². The van der Waals surface area contributed by atoms with Gasteiger partial charge in [0.2, 0.25) is 0 Å². The molecule has 1 aliphatic heterocycles. The fourth-order valence-electron chi connectivity index (χ4n) is 2.35. The van der Waals surface area contributed by atoms with Crippen LogP contribution in [-0.2, 0) is 11.3 Å². The fourth-order valence-corrected chi connectivity index (χ4v) is 2.35. The van der Waals surface area contributed by atoms with Crippen LogP contribution in [0.4, 0.5) is 4.79 Å². The lowest BCUT2D eigenvalue weighted by atomic mass is 10.1. The molecule has 1 amide bonds. The highest BCUT2D eigenvalue weighted by Crippen LogP contribution is 2.20. The molecule has 3 rings (SSSR count). The summed E-state index contributed by atoms with van der Waals surface area (Å²) >= 11 is 0. The average molecular weight is 268 g/mol. The molecule has 0 aliphatic carbocycles. The highest BCUT2D eigenvalue weighted by atomic mass is 16.6. The fraction of sp³-hybridized carbons (Fsp3) is 0.250. The summed E-state index contributed by atoms with van der Waals surface area (Å²) in [5.74, 6) is 0. The van der Waals surface area contributed by atoms with Crippen molar-refractivity contribution in [3.8, 4) is 11.1 Å². The van der Waals surface area contributed by atoms with E-state index in [-0.39, 0.29) is 12.2 Å². The van der Waals surface area contributed by atoms with Crippen molar-refractivity contribution in [1.82, 2.24) is 9.88 Å². The van der Waals surface area contributed by atoms with Gasteiger partial charge in [-0.15, -0.1) is 0 Å². The van der Waals surface area contributed by atoms with Gasteiger partial charge >= 0.3 is 6.09 Å². The minimum atomic E-state index is -0.228. The third-order valence-electron chi connectivity index (χ3n) is 3.36. The number of amides is 1. The molecule has 2 aromatic rings. The third kappa shape index (κ3) is 2.64. The van der Waals surface area contributed by atoms with E-state index in [9.17, 15) is 4.79 Å². The summed E-state index contributed by atoms with van der Waals surface area (Å²) in [5.41, 5.74) is 3.32. The van der Waals surface area contributed by atoms with Gasteiger partial charge in [0.25, 0.3) is 0 Å². The Hall–Kier alpha value is -2.36. The number of nitrogens with zero attached hydrogens (tertiary/aromatic N) is 2. The van der Waals surface area contributed by atoms with E-state index >= 15 is 0 Å². The lowest BCUT2D eigenvalue weighted by molar-refractivity contribution is 0.137. The van der Waals surface area contributed by atoms with Gasteiger partial charge in [-0.05, 0) is 29.7 Å². The molecule has 1 aromatic heterocycles. The normalized spacial score (nSPS) is 18.1. The van der Waals surface area contributed by atoms with E-state index in [4.69, 9.17) is 4.74 Å². The van der Waals surface area contributed by atoms with Crippen LogP contribution in [0.3, 0.4) is 0 Å². The molecule has 1 saturated heterocycles. The van der Waals surface area contributed by atoms with Gasteiger partial charge in [-0.3, -0.25) is 4.98 Å². The Balaban J connectivity index is 1.72. The van der Waals surface area contributed by atoms with Gasteiger partial charge in [0.1, 0.15) is 6.10 Å². The monoisotopic (exact) mass is 268 g/mol. The number of pyridine rings is 1. The van der Waals surface area contributed by atoms with Crippen LogP contribution in [0.1, 0.15) is 12.5 Å². The molecule has 0 spiro atoms. The van der Waals surface area contributed by atoms with Crippen molar-refractivity contribution in [1.29, 1.82) is 0 Å². The van der Waals surface area contributed by atoms with Crippen LogP contribution in [0.2, 0.25) is 0 Å². The maximum absolute atomic E-state index is 11.6. The van der Waals surface area contributed by atoms with E-state index < -0.39 is 0 Å². The molecule has 0 N–H and O–H groups in total. The zero-order valence-electron chi connectivity index (χ0n) is 11.3. The highest BCUT2D eigenvalue weighted by Gasteiger charge is 2.27. The van der Waals surface area contributed by atoms with Gasteiger partial charge in [0, 0.05) is 18.9 Å². The van der Waals surface area contributed by atoms with Crippen LogP contribution in [0.5, 0.6) is 0 Å². The van der Waals surface area contributed by atoms with Crippen molar-refractivity contribution in [2.75, 3.05) is 6.54 Å². The molecule has 20 heavy (non-hydrogen) atoms. The minimum Gasteiger partial charge on any atom is -0.444 e. The van der Waals surface area contributed by atoms with E-state index in [1.165, 1.54) is 0 Å². The molecule has 4 heteroatoms. The van der Waals surface area contributed by atoms with E-state index in [2.05, 4.69) is 17.1 Å². The number of carbonyl (C=O) groups is 1. The summed E-state index contributed by atoms with van der Waals surface area (Å²) in [6.07, 6.45) is 3.36. The van der Waals surface area contributed by atoms with Gasteiger partial charge in [-0.25, -0.2) is 4.79 Å². The Morgan fingerprint density at radius 1 is 1.25 bits per heavy atom. The molecule has 0 unspecified atom stereocenters. The summed E-state index contributed by atoms with van der Waals surface area (Å²) in [7, 11) is 0. The molecular weight excluding hydrogens is 252 g/mol. The summed E-state index contributed by atoms with van der Waals surface area (Å²) < 4.78 is 5.12. The first-order chi connectivity index (χ1) is 9.72. The molecule has 1 aliphatic rings. The van der Waals surface area contributed by atoms with Gasteiger partial charge in [-0.2, -0.15) is 0 Å². The van der Waals surface area contributed by atoms with Crippen LogP contribution in [0, 0.1) is 0 Å². The largest absolute Gasteiger partial charge is 0.444 e. The average Bonchev–Trinajstić information content (AvgIpc) is 2.79. The number of rotatable bonds is 3. The van der Waals surface area contributed by atoms with Crippen LogP contribution < -0.4 is 0 Å². The molecule has 0 bridgehead atoms. The van der Waals surface area contributed by atoms with Crippen molar-refractivity contribution >= 4 is 6.09 Å². The standard InChI is InChI=1S/C16H16N2O2/c1-12-10-18(16(19)20-12)11-13-4-6-14(7-5-13)15-3-2-8-17-9-15/h2-9,12H,10-11H2,1H3/t12-/m1/s1. The smallest absolute Gasteiger partial charge is 0.410 e. The molecular formula is C16H16N2O2. The molecule has 0 saturated carbocycles. The van der Waals surface area contributed by atoms with Crippen molar-refractivity contribution < 1.29 is 9.53 Å². The summed E-state index contributed by atoms with van der Waals surface area (Å²) in [5, 5.41) is 0. The first-order valence-electron chi connectivity index (χ1n) is 6.67. The van der Waals surface area contributed by atoms with Gasteiger partial charge in [0.15, 0.2) is 0 Å². The number of ether oxygens (including phenoxy) is 1. The second kappa shape index (κ2) is 5.33. The predicted octanol–water partition coefficient (Wildman–Crippen LogP) is 3.09. The summed E-state index contributed by atoms with van der Waals surface area (Å²) in [4.78, 5) is 17.4. The molecule has 102 valence electrons. The van der Waals surface area contributed by atoms with E-state index in [1.54, 1.807) is 11.1 Å². The summed E-state index contributed by atoms with van der Waals surface area (Å²) in [6.45, 7) is 3.16. The zero-order chi connectivity index (χ0) is 13.9. The van der Waals surface area contributed by atoms with Crippen LogP contribution in [-0.4, -0.2) is 28.6 Å². The Kier molecular flexibility index (Phi) is 3.37. The Morgan fingerprint density at radius 3 is 2.65 bits per heavy atom. The minimum absolute atomic E-state index is 0.0165. The maximum atomic E-state index is 11.6. The molecule has 1 fully saturated rings. The van der Waals surface area contributed by atoms with E-state index in [1.807, 2.05) is 37.4 Å². The topological polar surface area (TPSA) is 42.4 Å². The third-order valence-corrected chi connectivity index (χ3v) is 3.36. The first kappa shape index (κ1) is 12.7. The number of cyclic esters (lactones) is 1. The van der Waals surface area contributed by atoms with E-state index in [0.717, 1.165) is 16.7 Å². The number of carbonyl (C=O) groups excluding carboxylic acids is 1. The molecule has 0 radical (unpaired) electrons. The Bertz CT molecular complexity index is 596. The van der Waals surface area contributed by atoms with Crippen LogP contribution in [0.25, 0.3) is 11.1 Å². The maximum Gasteiger partial charge on any atom is 0.410 e. The number of benzene rings is 1. The summed E-state index contributed by atoms with van der Waals surface area (Å²) in [6, 6.07) is 12.1. The molecule has 2 heterocycles. The molecule has 1 atom stereocenters. The second-order valence-electron chi connectivity index (χ2n) is 5.01. The van der Waals surface area contributed by atoms with E-state index in [0.29, 0.717) is 13.1 Å². The predicted molar refractivity (Wildman–Crippen MR) is 76.0 cm³/mol. The van der Waals surface area contributed by atoms with Gasteiger partial charge in [-0.1, -0.05) is 30.3 Å². The van der Waals surface area contributed by atoms with Crippen molar-refractivity contribution in [2.24, 2.45) is 0 Å². The molecule has 4 nitrogen and oxygen atoms in total. The Morgan fingerprint density at radius 2 is 2.05 bits per heavy atom. The van der Waals surface area contributed by atoms with Crippen molar-refractivity contribution in [2.45, 2.75) is 19.6 Å². The SMILES string of the molecule is C[C@@H]1CN(Cc2ccc(-c3cccnc3)cc2)C(=O)O1. The number of aromatic nitrogens is 1. The van der Waals surface area contributed by atoms with Crippen molar-refractivity contribution in [3.05, 3.63) is 54.4 Å². The number of hydrogen-bond donors (Lipinski definition) is 0. The zero-order valence-corrected chi connectivity index (χ0v) is 11.3. The lowest BCUT2D eigenvalue weighted by Crippen LogP contribution is -2.24. The van der Waals surface area contributed by atoms with Crippen LogP contribution in [0.15, 0.2) is 48.8 Å². The van der Waals surface area contributed by atoms with Crippen molar-refractivity contribution in [3.63, 3.8) is 0 Å². The lowest BCUT2D eigenvalue weighted by Gasteiger charge is -2.13. The number of hydrogen-bond acceptors (Lipinski definition) is 3.